The molecule has 0 radical (unpaired) electrons. The lowest BCUT2D eigenvalue weighted by atomic mass is 10.1. The van der Waals surface area contributed by atoms with E-state index in [-0.39, 0.29) is 12.4 Å². The topological polar surface area (TPSA) is 59.2 Å². The van der Waals surface area contributed by atoms with Crippen molar-refractivity contribution in [3.8, 4) is 28.5 Å². The molecule has 29 heavy (non-hydrogen) atoms. The molecule has 0 saturated heterocycles. The minimum Gasteiger partial charge on any atom is -0.486 e. The molecule has 3 aromatic carbocycles. The van der Waals surface area contributed by atoms with E-state index in [0.29, 0.717) is 6.61 Å². The van der Waals surface area contributed by atoms with E-state index in [2.05, 4.69) is 15.3 Å². The maximum absolute atomic E-state index is 5.92. The number of imidazole rings is 1. The first kappa shape index (κ1) is 20.3. The second-order valence-electron chi connectivity index (χ2n) is 6.25. The SMILES string of the molecule is CNc1cccc(Oc2ccc(-c3cnc(COc4ccccc4)[nH]3)cc2)c1.Cl. The predicted octanol–water partition coefficient (Wildman–Crippen LogP) is 5.91. The highest BCUT2D eigenvalue weighted by Gasteiger charge is 2.05. The van der Waals surface area contributed by atoms with Gasteiger partial charge in [-0.05, 0) is 54.1 Å². The van der Waals surface area contributed by atoms with Gasteiger partial charge >= 0.3 is 0 Å². The highest BCUT2D eigenvalue weighted by Crippen LogP contribution is 2.26. The zero-order valence-electron chi connectivity index (χ0n) is 16.0. The van der Waals surface area contributed by atoms with E-state index in [9.17, 15) is 0 Å². The second-order valence-corrected chi connectivity index (χ2v) is 6.25. The first-order chi connectivity index (χ1) is 13.8. The molecule has 1 aromatic heterocycles. The molecule has 0 spiro atoms. The van der Waals surface area contributed by atoms with E-state index in [4.69, 9.17) is 9.47 Å². The van der Waals surface area contributed by atoms with Crippen molar-refractivity contribution in [1.29, 1.82) is 0 Å². The number of para-hydroxylation sites is 1. The summed E-state index contributed by atoms with van der Waals surface area (Å²) in [6.07, 6.45) is 1.82. The summed E-state index contributed by atoms with van der Waals surface area (Å²) in [6.45, 7) is 0.396. The molecule has 0 amide bonds. The number of aromatic amines is 1. The van der Waals surface area contributed by atoms with Gasteiger partial charge in [-0.2, -0.15) is 0 Å². The number of rotatable bonds is 7. The summed E-state index contributed by atoms with van der Waals surface area (Å²) >= 11 is 0. The Morgan fingerprint density at radius 3 is 2.38 bits per heavy atom. The van der Waals surface area contributed by atoms with Crippen LogP contribution in [0.1, 0.15) is 5.82 Å². The number of hydrogen-bond acceptors (Lipinski definition) is 4. The van der Waals surface area contributed by atoms with Crippen molar-refractivity contribution in [1.82, 2.24) is 9.97 Å². The van der Waals surface area contributed by atoms with Crippen LogP contribution >= 0.6 is 12.4 Å². The number of ether oxygens (including phenoxy) is 2. The first-order valence-corrected chi connectivity index (χ1v) is 9.08. The van der Waals surface area contributed by atoms with Crippen molar-refractivity contribution >= 4 is 18.1 Å². The van der Waals surface area contributed by atoms with Crippen LogP contribution in [0.15, 0.2) is 85.1 Å². The Hall–Kier alpha value is -3.44. The molecule has 0 unspecified atom stereocenters. The number of nitrogens with one attached hydrogen (secondary N) is 2. The fourth-order valence-electron chi connectivity index (χ4n) is 2.80. The van der Waals surface area contributed by atoms with Crippen molar-refractivity contribution in [2.75, 3.05) is 12.4 Å². The molecule has 0 saturated carbocycles. The summed E-state index contributed by atoms with van der Waals surface area (Å²) in [6, 6.07) is 25.5. The fourth-order valence-corrected chi connectivity index (χ4v) is 2.80. The molecule has 0 atom stereocenters. The summed E-state index contributed by atoms with van der Waals surface area (Å²) in [5.74, 6) is 3.18. The van der Waals surface area contributed by atoms with E-state index >= 15 is 0 Å². The van der Waals surface area contributed by atoms with Crippen molar-refractivity contribution in [2.24, 2.45) is 0 Å². The van der Waals surface area contributed by atoms with Crippen molar-refractivity contribution in [3.63, 3.8) is 0 Å². The van der Waals surface area contributed by atoms with E-state index in [1.165, 1.54) is 0 Å². The third-order valence-corrected chi connectivity index (χ3v) is 4.27. The van der Waals surface area contributed by atoms with Gasteiger partial charge in [0.1, 0.15) is 29.7 Å². The quantitative estimate of drug-likeness (QED) is 0.399. The summed E-state index contributed by atoms with van der Waals surface area (Å²) < 4.78 is 11.6. The van der Waals surface area contributed by atoms with Crippen LogP contribution in [0.4, 0.5) is 5.69 Å². The van der Waals surface area contributed by atoms with Crippen molar-refractivity contribution < 1.29 is 9.47 Å². The van der Waals surface area contributed by atoms with Gasteiger partial charge in [-0.15, -0.1) is 12.4 Å². The predicted molar refractivity (Wildman–Crippen MR) is 118 cm³/mol. The number of anilines is 1. The second kappa shape index (κ2) is 9.66. The molecular formula is C23H22ClN3O2. The van der Waals surface area contributed by atoms with E-state index in [0.717, 1.165) is 40.0 Å². The Morgan fingerprint density at radius 2 is 1.62 bits per heavy atom. The smallest absolute Gasteiger partial charge is 0.146 e. The summed E-state index contributed by atoms with van der Waals surface area (Å²) in [5, 5.41) is 3.11. The molecule has 5 nitrogen and oxygen atoms in total. The van der Waals surface area contributed by atoms with Gasteiger partial charge in [-0.3, -0.25) is 0 Å². The van der Waals surface area contributed by atoms with Crippen LogP contribution in [-0.2, 0) is 6.61 Å². The Balaban J connectivity index is 0.00000240. The molecular weight excluding hydrogens is 386 g/mol. The number of benzene rings is 3. The lowest BCUT2D eigenvalue weighted by molar-refractivity contribution is 0.297. The Morgan fingerprint density at radius 1 is 0.862 bits per heavy atom. The number of hydrogen-bond donors (Lipinski definition) is 2. The lowest BCUT2D eigenvalue weighted by Crippen LogP contribution is -1.97. The van der Waals surface area contributed by atoms with Gasteiger partial charge in [0.15, 0.2) is 0 Å². The molecule has 1 heterocycles. The van der Waals surface area contributed by atoms with Crippen LogP contribution in [0, 0.1) is 0 Å². The zero-order chi connectivity index (χ0) is 19.2. The molecule has 0 aliphatic heterocycles. The average Bonchev–Trinajstić information content (AvgIpc) is 3.23. The summed E-state index contributed by atoms with van der Waals surface area (Å²) in [5.41, 5.74) is 2.99. The van der Waals surface area contributed by atoms with Crippen LogP contribution in [0.25, 0.3) is 11.3 Å². The minimum atomic E-state index is 0. The van der Waals surface area contributed by atoms with Crippen LogP contribution < -0.4 is 14.8 Å². The van der Waals surface area contributed by atoms with Crippen LogP contribution in [0.5, 0.6) is 17.2 Å². The molecule has 6 heteroatoms. The standard InChI is InChI=1S/C23H21N3O2.ClH/c1-24-18-6-5-9-21(14-18)28-20-12-10-17(11-13-20)22-15-25-23(26-22)16-27-19-7-3-2-4-8-19;/h2-15,24H,16H2,1H3,(H,25,26);1H. The average molecular weight is 408 g/mol. The van der Waals surface area contributed by atoms with E-state index < -0.39 is 0 Å². The van der Waals surface area contributed by atoms with Gasteiger partial charge in [0.25, 0.3) is 0 Å². The highest BCUT2D eigenvalue weighted by atomic mass is 35.5. The summed E-state index contributed by atoms with van der Waals surface area (Å²) in [7, 11) is 1.89. The van der Waals surface area contributed by atoms with Crippen LogP contribution in [0.3, 0.4) is 0 Å². The van der Waals surface area contributed by atoms with Gasteiger partial charge in [0, 0.05) is 18.8 Å². The largest absolute Gasteiger partial charge is 0.486 e. The van der Waals surface area contributed by atoms with Crippen LogP contribution in [0.2, 0.25) is 0 Å². The van der Waals surface area contributed by atoms with Crippen molar-refractivity contribution in [3.05, 3.63) is 90.9 Å². The Labute approximate surface area is 176 Å². The molecule has 0 aliphatic rings. The van der Waals surface area contributed by atoms with Gasteiger partial charge in [0.2, 0.25) is 0 Å². The third-order valence-electron chi connectivity index (χ3n) is 4.27. The minimum absolute atomic E-state index is 0. The summed E-state index contributed by atoms with van der Waals surface area (Å²) in [4.78, 5) is 7.70. The molecule has 0 aliphatic carbocycles. The Kier molecular flexibility index (Phi) is 6.76. The van der Waals surface area contributed by atoms with Gasteiger partial charge in [0.05, 0.1) is 11.9 Å². The molecule has 0 fully saturated rings. The third kappa shape index (κ3) is 5.30. The molecule has 4 rings (SSSR count). The molecule has 4 aromatic rings. The lowest BCUT2D eigenvalue weighted by Gasteiger charge is -2.08. The molecule has 148 valence electrons. The number of aromatic nitrogens is 2. The Bertz CT molecular complexity index is 1030. The van der Waals surface area contributed by atoms with Gasteiger partial charge in [-0.25, -0.2) is 4.98 Å². The van der Waals surface area contributed by atoms with E-state index in [1.54, 1.807) is 0 Å². The normalized spacial score (nSPS) is 10.1. The van der Waals surface area contributed by atoms with E-state index in [1.807, 2.05) is 92.1 Å². The zero-order valence-corrected chi connectivity index (χ0v) is 16.8. The monoisotopic (exact) mass is 407 g/mol. The van der Waals surface area contributed by atoms with Gasteiger partial charge < -0.3 is 19.8 Å². The molecule has 0 bridgehead atoms. The fraction of sp³-hybridized carbons (Fsp3) is 0.0870. The van der Waals surface area contributed by atoms with Gasteiger partial charge in [-0.1, -0.05) is 24.3 Å². The number of halogens is 1. The maximum atomic E-state index is 5.92. The first-order valence-electron chi connectivity index (χ1n) is 9.08. The van der Waals surface area contributed by atoms with Crippen LogP contribution in [-0.4, -0.2) is 17.0 Å². The number of nitrogens with zero attached hydrogens (tertiary/aromatic N) is 1. The number of H-pyrrole nitrogens is 1. The maximum Gasteiger partial charge on any atom is 0.146 e. The molecule has 2 N–H and O–H groups in total. The van der Waals surface area contributed by atoms with Crippen molar-refractivity contribution in [2.45, 2.75) is 6.61 Å². The highest BCUT2D eigenvalue weighted by molar-refractivity contribution is 5.85.